The summed E-state index contributed by atoms with van der Waals surface area (Å²) in [6, 6.07) is 17.7. The van der Waals surface area contributed by atoms with E-state index in [-0.39, 0.29) is 11.6 Å². The molecule has 2 aromatic carbocycles. The third-order valence-electron chi connectivity index (χ3n) is 6.45. The molecule has 6 heteroatoms. The van der Waals surface area contributed by atoms with E-state index in [0.29, 0.717) is 23.1 Å². The molecule has 1 aliphatic heterocycles. The Morgan fingerprint density at radius 2 is 1.54 bits per heavy atom. The van der Waals surface area contributed by atoms with E-state index in [1.54, 1.807) is 31.2 Å². The largest absolute Gasteiger partial charge is 0.297 e. The lowest BCUT2D eigenvalue weighted by atomic mass is 9.85. The molecule has 0 spiro atoms. The Balaban J connectivity index is 1.78. The van der Waals surface area contributed by atoms with Gasteiger partial charge in [0.25, 0.3) is 5.91 Å². The average Bonchev–Trinajstić information content (AvgIpc) is 3.10. The highest BCUT2D eigenvalue weighted by Crippen LogP contribution is 2.40. The van der Waals surface area contributed by atoms with Crippen molar-refractivity contribution < 1.29 is 14.4 Å². The van der Waals surface area contributed by atoms with Crippen LogP contribution in [0.15, 0.2) is 60.7 Å². The molecule has 180 valence electrons. The number of carbonyl (C=O) groups is 3. The number of Topliss-reactive ketones (excluding diaryl/α,β-unsaturated/α-hetero) is 2. The molecule has 1 aliphatic rings. The van der Waals surface area contributed by atoms with Crippen LogP contribution in [0.25, 0.3) is 0 Å². The summed E-state index contributed by atoms with van der Waals surface area (Å²) >= 11 is 0. The van der Waals surface area contributed by atoms with Crippen LogP contribution < -0.4 is 4.90 Å². The molecule has 2 unspecified atom stereocenters. The van der Waals surface area contributed by atoms with Crippen molar-refractivity contribution in [1.29, 1.82) is 0 Å². The summed E-state index contributed by atoms with van der Waals surface area (Å²) in [5.74, 6) is -1.91. The molecule has 0 bridgehead atoms. The van der Waals surface area contributed by atoms with E-state index in [1.807, 2.05) is 36.4 Å². The smallest absolute Gasteiger partial charge is 0.293 e. The summed E-state index contributed by atoms with van der Waals surface area (Å²) in [7, 11) is 0. The number of hydrogen-bond donors (Lipinski definition) is 0. The highest BCUT2D eigenvalue weighted by atomic mass is 16.2. The number of ketones is 2. The van der Waals surface area contributed by atoms with Gasteiger partial charge >= 0.3 is 0 Å². The number of benzene rings is 2. The van der Waals surface area contributed by atoms with Crippen molar-refractivity contribution in [3.05, 3.63) is 88.6 Å². The van der Waals surface area contributed by atoms with Gasteiger partial charge in [-0.2, -0.15) is 5.10 Å². The van der Waals surface area contributed by atoms with E-state index in [1.165, 1.54) is 4.90 Å². The third kappa shape index (κ3) is 4.92. The minimum absolute atomic E-state index is 0.260. The second-order valence-electron chi connectivity index (χ2n) is 9.98. The van der Waals surface area contributed by atoms with Crippen molar-refractivity contribution in [2.75, 3.05) is 4.90 Å². The fraction of sp³-hybridized carbons (Fsp3) is 0.345. The molecule has 1 aromatic heterocycles. The molecule has 3 aromatic rings. The lowest BCUT2D eigenvalue weighted by Gasteiger charge is -2.26. The molecule has 2 atom stereocenters. The number of nitrogens with zero attached hydrogens (tertiary/aromatic N) is 3. The van der Waals surface area contributed by atoms with Crippen molar-refractivity contribution >= 4 is 23.3 Å². The van der Waals surface area contributed by atoms with Crippen molar-refractivity contribution in [1.82, 2.24) is 10.2 Å². The van der Waals surface area contributed by atoms with Gasteiger partial charge in [0, 0.05) is 5.56 Å². The summed E-state index contributed by atoms with van der Waals surface area (Å²) in [4.78, 5) is 41.5. The molecule has 1 saturated heterocycles. The Kier molecular flexibility index (Phi) is 6.92. The van der Waals surface area contributed by atoms with Gasteiger partial charge in [-0.05, 0) is 54.0 Å². The second kappa shape index (κ2) is 9.90. The molecule has 0 N–H and O–H groups in total. The van der Waals surface area contributed by atoms with E-state index >= 15 is 0 Å². The lowest BCUT2D eigenvalue weighted by Crippen LogP contribution is -2.31. The van der Waals surface area contributed by atoms with Crippen LogP contribution in [0.1, 0.15) is 72.4 Å². The van der Waals surface area contributed by atoms with E-state index in [2.05, 4.69) is 37.9 Å². The molecule has 6 nitrogen and oxygen atoms in total. The zero-order valence-electron chi connectivity index (χ0n) is 20.9. The Labute approximate surface area is 206 Å². The predicted molar refractivity (Wildman–Crippen MR) is 135 cm³/mol. The Bertz CT molecular complexity index is 1230. The van der Waals surface area contributed by atoms with Crippen molar-refractivity contribution in [3.8, 4) is 0 Å². The van der Waals surface area contributed by atoms with Gasteiger partial charge in [0.15, 0.2) is 11.6 Å². The molecule has 2 heterocycles. The molecule has 35 heavy (non-hydrogen) atoms. The van der Waals surface area contributed by atoms with Crippen LogP contribution in [0.4, 0.5) is 5.82 Å². The first-order valence-electron chi connectivity index (χ1n) is 12.1. The molecular formula is C29H31N3O3. The second-order valence-corrected chi connectivity index (χ2v) is 9.98. The average molecular weight is 470 g/mol. The van der Waals surface area contributed by atoms with Gasteiger partial charge < -0.3 is 0 Å². The van der Waals surface area contributed by atoms with Gasteiger partial charge in [0.1, 0.15) is 5.92 Å². The van der Waals surface area contributed by atoms with Crippen molar-refractivity contribution in [2.45, 2.75) is 53.0 Å². The predicted octanol–water partition coefficient (Wildman–Crippen LogP) is 5.26. The van der Waals surface area contributed by atoms with E-state index in [9.17, 15) is 14.4 Å². The number of carbonyl (C=O) groups excluding carboxylic acids is 3. The summed E-state index contributed by atoms with van der Waals surface area (Å²) in [6.07, 6.45) is 0.917. The van der Waals surface area contributed by atoms with Crippen LogP contribution in [0, 0.1) is 18.8 Å². The maximum atomic E-state index is 13.7. The Morgan fingerprint density at radius 1 is 0.886 bits per heavy atom. The van der Waals surface area contributed by atoms with Crippen LogP contribution in [0.2, 0.25) is 0 Å². The van der Waals surface area contributed by atoms with E-state index < -0.39 is 23.7 Å². The van der Waals surface area contributed by atoms with Gasteiger partial charge in [-0.1, -0.05) is 76.2 Å². The third-order valence-corrected chi connectivity index (χ3v) is 6.45. The van der Waals surface area contributed by atoms with E-state index in [4.69, 9.17) is 0 Å². The summed E-state index contributed by atoms with van der Waals surface area (Å²) in [5.41, 5.74) is 4.09. The van der Waals surface area contributed by atoms with Crippen LogP contribution >= 0.6 is 0 Å². The number of hydrogen-bond acceptors (Lipinski definition) is 5. The molecule has 1 amide bonds. The fourth-order valence-corrected chi connectivity index (χ4v) is 4.58. The number of aryl methyl sites for hydroxylation is 1. The number of anilines is 1. The molecule has 4 rings (SSSR count). The number of amides is 1. The highest BCUT2D eigenvalue weighted by molar-refractivity contribution is 6.48. The Hall–Kier alpha value is -3.67. The van der Waals surface area contributed by atoms with Gasteiger partial charge in [-0.3, -0.25) is 19.3 Å². The van der Waals surface area contributed by atoms with Gasteiger partial charge in [0.05, 0.1) is 11.7 Å². The molecular weight excluding hydrogens is 438 g/mol. The van der Waals surface area contributed by atoms with Crippen molar-refractivity contribution in [3.63, 3.8) is 0 Å². The first-order chi connectivity index (χ1) is 16.7. The molecule has 0 aliphatic carbocycles. The Morgan fingerprint density at radius 3 is 2.09 bits per heavy atom. The topological polar surface area (TPSA) is 80.2 Å². The molecule has 1 fully saturated rings. The number of rotatable bonds is 7. The van der Waals surface area contributed by atoms with E-state index in [0.717, 1.165) is 23.1 Å². The van der Waals surface area contributed by atoms with Crippen LogP contribution in [-0.2, 0) is 16.0 Å². The zero-order chi connectivity index (χ0) is 25.3. The maximum absolute atomic E-state index is 13.7. The standard InChI is InChI=1S/C29H31N3O3/c1-17(2)16-20-7-9-22(10-8-20)26-25(27(33)23-13-11-21(12-14-23)18(3)4)28(34)29(35)32(26)24-15-6-19(5)30-31-24/h6-15,17-18,25-26H,16H2,1-5H3. The molecule has 0 radical (unpaired) electrons. The highest BCUT2D eigenvalue weighted by Gasteiger charge is 2.52. The van der Waals surface area contributed by atoms with Gasteiger partial charge in [-0.15, -0.1) is 5.10 Å². The first-order valence-corrected chi connectivity index (χ1v) is 12.1. The maximum Gasteiger partial charge on any atom is 0.297 e. The lowest BCUT2D eigenvalue weighted by molar-refractivity contribution is -0.135. The van der Waals surface area contributed by atoms with Gasteiger partial charge in [-0.25, -0.2) is 0 Å². The van der Waals surface area contributed by atoms with Crippen molar-refractivity contribution in [2.24, 2.45) is 11.8 Å². The number of aromatic nitrogens is 2. The summed E-state index contributed by atoms with van der Waals surface area (Å²) in [6.45, 7) is 10.3. The van der Waals surface area contributed by atoms with Crippen LogP contribution in [0.5, 0.6) is 0 Å². The van der Waals surface area contributed by atoms with Gasteiger partial charge in [0.2, 0.25) is 5.78 Å². The zero-order valence-corrected chi connectivity index (χ0v) is 20.9. The minimum atomic E-state index is -1.16. The van der Waals surface area contributed by atoms with Crippen LogP contribution in [0.3, 0.4) is 0 Å². The molecule has 0 saturated carbocycles. The summed E-state index contributed by atoms with van der Waals surface area (Å²) < 4.78 is 0. The first kappa shape index (κ1) is 24.5. The fourth-order valence-electron chi connectivity index (χ4n) is 4.58. The minimum Gasteiger partial charge on any atom is -0.293 e. The SMILES string of the molecule is Cc1ccc(N2C(=O)C(=O)C(C(=O)c3ccc(C(C)C)cc3)C2c2ccc(CC(C)C)cc2)nn1. The monoisotopic (exact) mass is 469 g/mol. The normalized spacial score (nSPS) is 18.1. The summed E-state index contributed by atoms with van der Waals surface area (Å²) in [5, 5.41) is 8.24. The van der Waals surface area contributed by atoms with Crippen LogP contribution in [-0.4, -0.2) is 27.7 Å². The quantitative estimate of drug-likeness (QED) is 0.268.